The van der Waals surface area contributed by atoms with Crippen molar-refractivity contribution in [2.75, 3.05) is 10.6 Å². The van der Waals surface area contributed by atoms with Crippen molar-refractivity contribution >= 4 is 33.2 Å². The summed E-state index contributed by atoms with van der Waals surface area (Å²) in [6.07, 6.45) is 1.71. The van der Waals surface area contributed by atoms with Gasteiger partial charge in [0.2, 0.25) is 5.91 Å². The molecule has 0 aliphatic carbocycles. The molecule has 0 atom stereocenters. The van der Waals surface area contributed by atoms with E-state index in [9.17, 15) is 9.18 Å². The number of hydrogen-bond donors (Lipinski definition) is 2. The highest BCUT2D eigenvalue weighted by molar-refractivity contribution is 9.10. The molecular formula is C14H13BrFN3O. The van der Waals surface area contributed by atoms with E-state index in [4.69, 9.17) is 0 Å². The van der Waals surface area contributed by atoms with Gasteiger partial charge < -0.3 is 10.6 Å². The quantitative estimate of drug-likeness (QED) is 0.896. The highest BCUT2D eigenvalue weighted by atomic mass is 79.9. The standard InChI is InChI=1S/C14H13BrFN3O/c1-9(20)19-14-6-11(4-5-13(14)16)18-8-12-3-2-10(15)7-17-12/h2-7,18H,8H2,1H3,(H,19,20). The maximum atomic E-state index is 13.5. The average Bonchev–Trinajstić information content (AvgIpc) is 2.41. The topological polar surface area (TPSA) is 54.0 Å². The molecule has 1 heterocycles. The minimum atomic E-state index is -0.465. The molecule has 1 aromatic carbocycles. The molecular weight excluding hydrogens is 325 g/mol. The van der Waals surface area contributed by atoms with E-state index >= 15 is 0 Å². The average molecular weight is 338 g/mol. The van der Waals surface area contributed by atoms with E-state index in [2.05, 4.69) is 31.5 Å². The number of aromatic nitrogens is 1. The van der Waals surface area contributed by atoms with Crippen LogP contribution in [0.5, 0.6) is 0 Å². The van der Waals surface area contributed by atoms with Gasteiger partial charge in [-0.3, -0.25) is 9.78 Å². The van der Waals surface area contributed by atoms with Crippen molar-refractivity contribution in [3.8, 4) is 0 Å². The van der Waals surface area contributed by atoms with Crippen molar-refractivity contribution in [3.63, 3.8) is 0 Å². The molecule has 0 aliphatic rings. The number of nitrogens with one attached hydrogen (secondary N) is 2. The Labute approximate surface area is 124 Å². The lowest BCUT2D eigenvalue weighted by atomic mass is 10.2. The number of anilines is 2. The van der Waals surface area contributed by atoms with Crippen LogP contribution in [0.3, 0.4) is 0 Å². The fraction of sp³-hybridized carbons (Fsp3) is 0.143. The fourth-order valence-electron chi connectivity index (χ4n) is 1.62. The number of carbonyl (C=O) groups is 1. The molecule has 0 saturated heterocycles. The largest absolute Gasteiger partial charge is 0.379 e. The molecule has 1 amide bonds. The summed E-state index contributed by atoms with van der Waals surface area (Å²) in [6.45, 7) is 1.85. The van der Waals surface area contributed by atoms with Crippen LogP contribution in [0.25, 0.3) is 0 Å². The summed E-state index contributed by atoms with van der Waals surface area (Å²) < 4.78 is 14.4. The van der Waals surface area contributed by atoms with Crippen LogP contribution in [0.1, 0.15) is 12.6 Å². The monoisotopic (exact) mass is 337 g/mol. The highest BCUT2D eigenvalue weighted by Gasteiger charge is 2.05. The molecule has 6 heteroatoms. The van der Waals surface area contributed by atoms with Crippen LogP contribution in [0.4, 0.5) is 15.8 Å². The third-order valence-electron chi connectivity index (χ3n) is 2.54. The molecule has 2 aromatic rings. The number of amides is 1. The Bertz CT molecular complexity index is 616. The van der Waals surface area contributed by atoms with E-state index in [0.717, 1.165) is 10.2 Å². The number of hydrogen-bond acceptors (Lipinski definition) is 3. The minimum absolute atomic E-state index is 0.159. The van der Waals surface area contributed by atoms with Crippen molar-refractivity contribution in [1.29, 1.82) is 0 Å². The maximum Gasteiger partial charge on any atom is 0.221 e. The number of pyridine rings is 1. The maximum absolute atomic E-state index is 13.5. The Balaban J connectivity index is 2.06. The van der Waals surface area contributed by atoms with Crippen molar-refractivity contribution in [3.05, 3.63) is 52.5 Å². The first-order chi connectivity index (χ1) is 9.54. The van der Waals surface area contributed by atoms with Gasteiger partial charge >= 0.3 is 0 Å². The summed E-state index contributed by atoms with van der Waals surface area (Å²) in [5.74, 6) is -0.775. The molecule has 2 rings (SSSR count). The molecule has 20 heavy (non-hydrogen) atoms. The van der Waals surface area contributed by atoms with Gasteiger partial charge in [-0.25, -0.2) is 4.39 Å². The Morgan fingerprint density at radius 1 is 1.35 bits per heavy atom. The normalized spacial score (nSPS) is 10.2. The van der Waals surface area contributed by atoms with E-state index in [0.29, 0.717) is 12.2 Å². The van der Waals surface area contributed by atoms with Gasteiger partial charge in [0.1, 0.15) is 5.82 Å². The first-order valence-corrected chi connectivity index (χ1v) is 6.75. The van der Waals surface area contributed by atoms with E-state index in [1.165, 1.54) is 13.0 Å². The predicted molar refractivity (Wildman–Crippen MR) is 80.0 cm³/mol. The summed E-state index contributed by atoms with van der Waals surface area (Å²) in [5, 5.41) is 5.57. The first kappa shape index (κ1) is 14.5. The van der Waals surface area contributed by atoms with E-state index in [1.54, 1.807) is 18.3 Å². The Morgan fingerprint density at radius 2 is 2.15 bits per heavy atom. The Morgan fingerprint density at radius 3 is 2.80 bits per heavy atom. The van der Waals surface area contributed by atoms with Crippen LogP contribution < -0.4 is 10.6 Å². The summed E-state index contributed by atoms with van der Waals surface area (Å²) in [7, 11) is 0. The van der Waals surface area contributed by atoms with Gasteiger partial charge in [-0.05, 0) is 46.3 Å². The van der Waals surface area contributed by atoms with Gasteiger partial charge in [0, 0.05) is 23.3 Å². The lowest BCUT2D eigenvalue weighted by molar-refractivity contribution is -0.114. The van der Waals surface area contributed by atoms with Crippen LogP contribution in [0.15, 0.2) is 41.0 Å². The molecule has 0 bridgehead atoms. The van der Waals surface area contributed by atoms with Crippen LogP contribution in [0, 0.1) is 5.82 Å². The van der Waals surface area contributed by atoms with Gasteiger partial charge in [0.15, 0.2) is 0 Å². The zero-order valence-corrected chi connectivity index (χ0v) is 12.4. The van der Waals surface area contributed by atoms with Gasteiger partial charge in [0.25, 0.3) is 0 Å². The number of benzene rings is 1. The van der Waals surface area contributed by atoms with Crippen molar-refractivity contribution in [2.45, 2.75) is 13.5 Å². The van der Waals surface area contributed by atoms with E-state index < -0.39 is 5.82 Å². The smallest absolute Gasteiger partial charge is 0.221 e. The van der Waals surface area contributed by atoms with Gasteiger partial charge in [-0.1, -0.05) is 0 Å². The van der Waals surface area contributed by atoms with Crippen LogP contribution >= 0.6 is 15.9 Å². The van der Waals surface area contributed by atoms with Crippen molar-refractivity contribution < 1.29 is 9.18 Å². The molecule has 0 unspecified atom stereocenters. The molecule has 0 saturated carbocycles. The zero-order valence-electron chi connectivity index (χ0n) is 10.8. The van der Waals surface area contributed by atoms with Crippen LogP contribution in [0.2, 0.25) is 0 Å². The Hall–Kier alpha value is -1.95. The lowest BCUT2D eigenvalue weighted by Crippen LogP contribution is -2.08. The number of carbonyl (C=O) groups excluding carboxylic acids is 1. The van der Waals surface area contributed by atoms with Crippen LogP contribution in [-0.2, 0) is 11.3 Å². The predicted octanol–water partition coefficient (Wildman–Crippen LogP) is 3.55. The SMILES string of the molecule is CC(=O)Nc1cc(NCc2ccc(Br)cn2)ccc1F. The molecule has 0 radical (unpaired) electrons. The van der Waals surface area contributed by atoms with Crippen LogP contribution in [-0.4, -0.2) is 10.9 Å². The summed E-state index contributed by atoms with van der Waals surface area (Å²) in [4.78, 5) is 15.2. The summed E-state index contributed by atoms with van der Waals surface area (Å²) in [5.41, 5.74) is 1.73. The first-order valence-electron chi connectivity index (χ1n) is 5.96. The van der Waals surface area contributed by atoms with E-state index in [1.807, 2.05) is 12.1 Å². The van der Waals surface area contributed by atoms with Gasteiger partial charge in [0.05, 0.1) is 17.9 Å². The number of rotatable bonds is 4. The molecule has 0 spiro atoms. The molecule has 1 aromatic heterocycles. The number of halogens is 2. The molecule has 0 aliphatic heterocycles. The van der Waals surface area contributed by atoms with E-state index in [-0.39, 0.29) is 11.6 Å². The minimum Gasteiger partial charge on any atom is -0.379 e. The summed E-state index contributed by atoms with van der Waals surface area (Å²) in [6, 6.07) is 8.25. The lowest BCUT2D eigenvalue weighted by Gasteiger charge is -2.09. The summed E-state index contributed by atoms with van der Waals surface area (Å²) >= 11 is 3.32. The molecule has 0 fully saturated rings. The van der Waals surface area contributed by atoms with Crippen molar-refractivity contribution in [1.82, 2.24) is 4.98 Å². The van der Waals surface area contributed by atoms with Gasteiger partial charge in [-0.15, -0.1) is 0 Å². The molecule has 104 valence electrons. The van der Waals surface area contributed by atoms with Gasteiger partial charge in [-0.2, -0.15) is 0 Å². The second-order valence-electron chi connectivity index (χ2n) is 4.20. The second kappa shape index (κ2) is 6.47. The molecule has 4 nitrogen and oxygen atoms in total. The third kappa shape index (κ3) is 4.03. The third-order valence-corrected chi connectivity index (χ3v) is 3.01. The van der Waals surface area contributed by atoms with Crippen molar-refractivity contribution in [2.24, 2.45) is 0 Å². The fourth-order valence-corrected chi connectivity index (χ4v) is 1.86. The Kier molecular flexibility index (Phi) is 4.68. The second-order valence-corrected chi connectivity index (χ2v) is 5.11. The molecule has 2 N–H and O–H groups in total. The number of nitrogens with zero attached hydrogens (tertiary/aromatic N) is 1. The zero-order chi connectivity index (χ0) is 14.5. The highest BCUT2D eigenvalue weighted by Crippen LogP contribution is 2.20.